The van der Waals surface area contributed by atoms with Gasteiger partial charge < -0.3 is 14.8 Å². The Morgan fingerprint density at radius 3 is 2.47 bits per heavy atom. The molecule has 1 aliphatic heterocycles. The summed E-state index contributed by atoms with van der Waals surface area (Å²) < 4.78 is 1.96. The first-order valence-corrected chi connectivity index (χ1v) is 11.2. The summed E-state index contributed by atoms with van der Waals surface area (Å²) >= 11 is 6.30. The summed E-state index contributed by atoms with van der Waals surface area (Å²) in [6.07, 6.45) is 4.65. The Balaban J connectivity index is 1.40. The SMILES string of the molecule is O=C(NC1Cc2cc(Cl)ccc2N(Cc2ccccc2)C1)c1ccccc1-n1cccc1. The van der Waals surface area contributed by atoms with Crippen LogP contribution < -0.4 is 10.2 Å². The minimum Gasteiger partial charge on any atom is -0.365 e. The number of aromatic nitrogens is 1. The lowest BCUT2D eigenvalue weighted by Gasteiger charge is -2.37. The summed E-state index contributed by atoms with van der Waals surface area (Å²) in [5, 5.41) is 3.99. The zero-order chi connectivity index (χ0) is 21.9. The van der Waals surface area contributed by atoms with Gasteiger partial charge in [-0.1, -0.05) is 54.1 Å². The highest BCUT2D eigenvalue weighted by atomic mass is 35.5. The Bertz CT molecular complexity index is 1220. The second kappa shape index (κ2) is 8.93. The Kier molecular flexibility index (Phi) is 5.70. The van der Waals surface area contributed by atoms with Gasteiger partial charge in [-0.2, -0.15) is 0 Å². The molecule has 0 saturated heterocycles. The zero-order valence-electron chi connectivity index (χ0n) is 17.6. The van der Waals surface area contributed by atoms with Crippen LogP contribution in [0.15, 0.2) is 97.3 Å². The average molecular weight is 442 g/mol. The Morgan fingerprint density at radius 1 is 0.906 bits per heavy atom. The third-order valence-corrected chi connectivity index (χ3v) is 6.11. The summed E-state index contributed by atoms with van der Waals surface area (Å²) in [4.78, 5) is 15.6. The van der Waals surface area contributed by atoms with Gasteiger partial charge in [0, 0.05) is 36.2 Å². The maximum atomic E-state index is 13.3. The molecule has 32 heavy (non-hydrogen) atoms. The van der Waals surface area contributed by atoms with E-state index in [4.69, 9.17) is 11.6 Å². The van der Waals surface area contributed by atoms with Crippen LogP contribution in [0.1, 0.15) is 21.5 Å². The fourth-order valence-corrected chi connectivity index (χ4v) is 4.61. The molecule has 0 saturated carbocycles. The van der Waals surface area contributed by atoms with Crippen molar-refractivity contribution in [2.75, 3.05) is 11.4 Å². The third-order valence-electron chi connectivity index (χ3n) is 5.87. The largest absolute Gasteiger partial charge is 0.365 e. The first kappa shape index (κ1) is 20.4. The van der Waals surface area contributed by atoms with Crippen LogP contribution in [0.4, 0.5) is 5.69 Å². The molecule has 1 N–H and O–H groups in total. The molecule has 5 heteroatoms. The molecule has 3 aromatic carbocycles. The average Bonchev–Trinajstić information content (AvgIpc) is 3.34. The molecule has 0 spiro atoms. The molecule has 0 fully saturated rings. The third kappa shape index (κ3) is 4.27. The molecule has 4 nitrogen and oxygen atoms in total. The van der Waals surface area contributed by atoms with E-state index in [9.17, 15) is 4.79 Å². The lowest BCUT2D eigenvalue weighted by atomic mass is 9.96. The molecule has 0 radical (unpaired) electrons. The fraction of sp³-hybridized carbons (Fsp3) is 0.148. The minimum atomic E-state index is -0.0653. The van der Waals surface area contributed by atoms with Crippen LogP contribution in [0.3, 0.4) is 0 Å². The van der Waals surface area contributed by atoms with Crippen molar-refractivity contribution < 1.29 is 4.79 Å². The van der Waals surface area contributed by atoms with Crippen LogP contribution in [0.5, 0.6) is 0 Å². The maximum absolute atomic E-state index is 13.3. The van der Waals surface area contributed by atoms with E-state index in [1.54, 1.807) is 0 Å². The fourth-order valence-electron chi connectivity index (χ4n) is 4.42. The molecule has 0 aliphatic carbocycles. The van der Waals surface area contributed by atoms with Crippen molar-refractivity contribution in [3.05, 3.63) is 119 Å². The molecule has 5 rings (SSSR count). The van der Waals surface area contributed by atoms with E-state index in [2.05, 4.69) is 40.5 Å². The molecule has 1 aromatic heterocycles. The predicted octanol–water partition coefficient (Wildman–Crippen LogP) is 5.49. The molecule has 0 bridgehead atoms. The number of carbonyl (C=O) groups excluding carboxylic acids is 1. The second-order valence-electron chi connectivity index (χ2n) is 8.12. The number of benzene rings is 3. The number of anilines is 1. The van der Waals surface area contributed by atoms with Crippen molar-refractivity contribution in [1.29, 1.82) is 0 Å². The van der Waals surface area contributed by atoms with Gasteiger partial charge in [0.15, 0.2) is 0 Å². The van der Waals surface area contributed by atoms with Crippen LogP contribution >= 0.6 is 11.6 Å². The molecule has 2 heterocycles. The number of fused-ring (bicyclic) bond motifs is 1. The van der Waals surface area contributed by atoms with E-state index in [-0.39, 0.29) is 11.9 Å². The summed E-state index contributed by atoms with van der Waals surface area (Å²) in [6, 6.07) is 28.0. The normalized spacial score (nSPS) is 15.3. The molecule has 1 amide bonds. The number of hydrogen-bond donors (Lipinski definition) is 1. The highest BCUT2D eigenvalue weighted by Crippen LogP contribution is 2.31. The quantitative estimate of drug-likeness (QED) is 0.444. The van der Waals surface area contributed by atoms with Crippen LogP contribution in [-0.4, -0.2) is 23.1 Å². The predicted molar refractivity (Wildman–Crippen MR) is 130 cm³/mol. The second-order valence-corrected chi connectivity index (χ2v) is 8.56. The van der Waals surface area contributed by atoms with E-state index in [1.165, 1.54) is 11.3 Å². The first-order valence-electron chi connectivity index (χ1n) is 10.8. The van der Waals surface area contributed by atoms with E-state index in [0.717, 1.165) is 30.8 Å². The van der Waals surface area contributed by atoms with E-state index in [0.29, 0.717) is 10.6 Å². The van der Waals surface area contributed by atoms with Crippen molar-refractivity contribution >= 4 is 23.2 Å². The Hall–Kier alpha value is -3.50. The number of carbonyl (C=O) groups is 1. The first-order chi connectivity index (χ1) is 15.7. The summed E-state index contributed by atoms with van der Waals surface area (Å²) in [5.41, 5.74) is 5.10. The zero-order valence-corrected chi connectivity index (χ0v) is 18.4. The summed E-state index contributed by atoms with van der Waals surface area (Å²) in [6.45, 7) is 1.52. The number of hydrogen-bond acceptors (Lipinski definition) is 2. The number of halogens is 1. The molecule has 4 aromatic rings. The monoisotopic (exact) mass is 441 g/mol. The van der Waals surface area contributed by atoms with Crippen LogP contribution in [0, 0.1) is 0 Å². The highest BCUT2D eigenvalue weighted by molar-refractivity contribution is 6.30. The lowest BCUT2D eigenvalue weighted by molar-refractivity contribution is 0.0937. The van der Waals surface area contributed by atoms with Crippen LogP contribution in [0.25, 0.3) is 5.69 Å². The van der Waals surface area contributed by atoms with E-state index < -0.39 is 0 Å². The van der Waals surface area contributed by atoms with E-state index in [1.807, 2.05) is 71.6 Å². The summed E-state index contributed by atoms with van der Waals surface area (Å²) in [7, 11) is 0. The van der Waals surface area contributed by atoms with Gasteiger partial charge in [-0.05, 0) is 60.0 Å². The molecular weight excluding hydrogens is 418 g/mol. The topological polar surface area (TPSA) is 37.3 Å². The Morgan fingerprint density at radius 2 is 1.66 bits per heavy atom. The van der Waals surface area contributed by atoms with Gasteiger partial charge >= 0.3 is 0 Å². The van der Waals surface area contributed by atoms with Crippen molar-refractivity contribution in [3.63, 3.8) is 0 Å². The summed E-state index contributed by atoms with van der Waals surface area (Å²) in [5.74, 6) is -0.0653. The van der Waals surface area contributed by atoms with Gasteiger partial charge in [0.1, 0.15) is 0 Å². The lowest BCUT2D eigenvalue weighted by Crippen LogP contribution is -2.48. The smallest absolute Gasteiger partial charge is 0.253 e. The standard InChI is InChI=1S/C27H24ClN3O/c28-22-12-13-25-21(16-22)17-23(19-31(25)18-20-8-2-1-3-9-20)29-27(32)24-10-4-5-11-26(24)30-14-6-7-15-30/h1-16,23H,17-19H2,(H,29,32). The Labute approximate surface area is 193 Å². The molecule has 160 valence electrons. The number of nitrogens with one attached hydrogen (secondary N) is 1. The maximum Gasteiger partial charge on any atom is 0.253 e. The number of nitrogens with zero attached hydrogens (tertiary/aromatic N) is 2. The highest BCUT2D eigenvalue weighted by Gasteiger charge is 2.27. The molecule has 1 atom stereocenters. The van der Waals surface area contributed by atoms with Gasteiger partial charge in [0.05, 0.1) is 17.3 Å². The number of para-hydroxylation sites is 1. The van der Waals surface area contributed by atoms with Crippen molar-refractivity contribution in [3.8, 4) is 5.69 Å². The molecule has 1 unspecified atom stereocenters. The van der Waals surface area contributed by atoms with Crippen LogP contribution in [0.2, 0.25) is 5.02 Å². The van der Waals surface area contributed by atoms with Gasteiger partial charge in [-0.15, -0.1) is 0 Å². The van der Waals surface area contributed by atoms with Crippen molar-refractivity contribution in [1.82, 2.24) is 9.88 Å². The van der Waals surface area contributed by atoms with E-state index >= 15 is 0 Å². The van der Waals surface area contributed by atoms with Gasteiger partial charge in [-0.3, -0.25) is 4.79 Å². The number of amides is 1. The molecular formula is C27H24ClN3O. The van der Waals surface area contributed by atoms with Crippen molar-refractivity contribution in [2.24, 2.45) is 0 Å². The minimum absolute atomic E-state index is 0.0186. The van der Waals surface area contributed by atoms with Gasteiger partial charge in [0.2, 0.25) is 0 Å². The van der Waals surface area contributed by atoms with Crippen molar-refractivity contribution in [2.45, 2.75) is 19.0 Å². The molecule has 1 aliphatic rings. The van der Waals surface area contributed by atoms with Gasteiger partial charge in [-0.25, -0.2) is 0 Å². The number of rotatable bonds is 5. The van der Waals surface area contributed by atoms with Gasteiger partial charge in [0.25, 0.3) is 5.91 Å². The van der Waals surface area contributed by atoms with Crippen LogP contribution in [-0.2, 0) is 13.0 Å².